The molecule has 0 aromatic heterocycles. The van der Waals surface area contributed by atoms with Gasteiger partial charge in [-0.05, 0) is 0 Å². The maximum atomic E-state index is 11.4. The van der Waals surface area contributed by atoms with Crippen LogP contribution in [-0.2, 0) is 14.4 Å². The molecule has 1 aromatic rings. The van der Waals surface area contributed by atoms with E-state index in [0.29, 0.717) is 0 Å². The van der Waals surface area contributed by atoms with Gasteiger partial charge in [-0.1, -0.05) is 18.2 Å². The number of ketones is 3. The Morgan fingerprint density at radius 2 is 1.11 bits per heavy atom. The van der Waals surface area contributed by atoms with Crippen LogP contribution in [0.2, 0.25) is 0 Å². The molecule has 18 heavy (non-hydrogen) atoms. The highest BCUT2D eigenvalue weighted by Crippen LogP contribution is 2.16. The smallest absolute Gasteiger partial charge is 0.226 e. The first kappa shape index (κ1) is 13.3. The minimum Gasteiger partial charge on any atom is -0.294 e. The van der Waals surface area contributed by atoms with E-state index in [1.54, 1.807) is 0 Å². The molecule has 6 heteroatoms. The van der Waals surface area contributed by atoms with Crippen molar-refractivity contribution in [3.8, 4) is 0 Å². The number of Topliss-reactive ketones (excluding diaryl/α,β-unsaturated/α-hetero) is 3. The van der Waals surface area contributed by atoms with E-state index in [2.05, 4.69) is 0 Å². The SMILES string of the molecule is O=CC(=O)c1cccc(C(=O)C=O)c1C(=O)C=O. The molecule has 6 nitrogen and oxygen atoms in total. The van der Waals surface area contributed by atoms with Crippen molar-refractivity contribution in [2.75, 3.05) is 0 Å². The molecule has 0 N–H and O–H groups in total. The lowest BCUT2D eigenvalue weighted by Crippen LogP contribution is -2.17. The Kier molecular flexibility index (Phi) is 4.09. The average Bonchev–Trinajstić information content (AvgIpc) is 2.43. The Morgan fingerprint density at radius 1 is 0.722 bits per heavy atom. The van der Waals surface area contributed by atoms with Gasteiger partial charge in [-0.3, -0.25) is 28.8 Å². The van der Waals surface area contributed by atoms with E-state index in [9.17, 15) is 28.8 Å². The van der Waals surface area contributed by atoms with Crippen molar-refractivity contribution >= 4 is 36.2 Å². The molecular formula is C12H6O6. The monoisotopic (exact) mass is 246 g/mol. The van der Waals surface area contributed by atoms with Crippen LogP contribution in [-0.4, -0.2) is 36.2 Å². The number of carbonyl (C=O) groups is 6. The van der Waals surface area contributed by atoms with E-state index in [-0.39, 0.29) is 30.0 Å². The normalized spacial score (nSPS) is 9.33. The van der Waals surface area contributed by atoms with Crippen LogP contribution >= 0.6 is 0 Å². The second kappa shape index (κ2) is 5.53. The standard InChI is InChI=1S/C12H6O6/c13-4-9(16)7-2-1-3-8(10(17)5-14)12(7)11(18)6-15/h1-6H. The lowest BCUT2D eigenvalue weighted by atomic mass is 9.93. The molecule has 0 radical (unpaired) electrons. The first-order valence-corrected chi connectivity index (χ1v) is 4.68. The number of hydrogen-bond acceptors (Lipinski definition) is 6. The summed E-state index contributed by atoms with van der Waals surface area (Å²) in [7, 11) is 0. The second-order valence-electron chi connectivity index (χ2n) is 3.17. The zero-order chi connectivity index (χ0) is 13.7. The first-order valence-electron chi connectivity index (χ1n) is 4.68. The number of carbonyl (C=O) groups excluding carboxylic acids is 6. The van der Waals surface area contributed by atoms with Crippen molar-refractivity contribution in [2.45, 2.75) is 0 Å². The maximum Gasteiger partial charge on any atom is 0.226 e. The fraction of sp³-hybridized carbons (Fsp3) is 0. The summed E-state index contributed by atoms with van der Waals surface area (Å²) in [6, 6.07) is 3.47. The Labute approximate surface area is 101 Å². The maximum absolute atomic E-state index is 11.4. The summed E-state index contributed by atoms with van der Waals surface area (Å²) >= 11 is 0. The molecule has 0 aliphatic carbocycles. The van der Waals surface area contributed by atoms with Gasteiger partial charge in [0.1, 0.15) is 0 Å². The highest BCUT2D eigenvalue weighted by molar-refractivity contribution is 6.44. The van der Waals surface area contributed by atoms with Crippen LogP contribution in [0.5, 0.6) is 0 Å². The third-order valence-corrected chi connectivity index (χ3v) is 2.16. The largest absolute Gasteiger partial charge is 0.294 e. The Bertz CT molecular complexity index is 532. The van der Waals surface area contributed by atoms with Gasteiger partial charge in [0, 0.05) is 16.7 Å². The number of hydrogen-bond donors (Lipinski definition) is 0. The Hall–Kier alpha value is -2.76. The highest BCUT2D eigenvalue weighted by Gasteiger charge is 2.23. The summed E-state index contributed by atoms with van der Waals surface area (Å²) in [6.45, 7) is 0. The summed E-state index contributed by atoms with van der Waals surface area (Å²) < 4.78 is 0. The van der Waals surface area contributed by atoms with Crippen molar-refractivity contribution in [1.29, 1.82) is 0 Å². The second-order valence-corrected chi connectivity index (χ2v) is 3.17. The van der Waals surface area contributed by atoms with Crippen molar-refractivity contribution in [3.63, 3.8) is 0 Å². The zero-order valence-corrected chi connectivity index (χ0v) is 8.91. The van der Waals surface area contributed by atoms with Crippen molar-refractivity contribution in [2.24, 2.45) is 0 Å². The molecule has 0 saturated heterocycles. The summed E-state index contributed by atoms with van der Waals surface area (Å²) in [6.07, 6.45) is -0.198. The molecule has 1 rings (SSSR count). The first-order chi connectivity index (χ1) is 8.56. The number of benzene rings is 1. The third-order valence-electron chi connectivity index (χ3n) is 2.16. The quantitative estimate of drug-likeness (QED) is 0.392. The van der Waals surface area contributed by atoms with Gasteiger partial charge in [0.25, 0.3) is 0 Å². The van der Waals surface area contributed by atoms with Gasteiger partial charge in [-0.2, -0.15) is 0 Å². The van der Waals surface area contributed by atoms with Gasteiger partial charge in [0.2, 0.25) is 17.3 Å². The van der Waals surface area contributed by atoms with E-state index in [1.165, 1.54) is 6.07 Å². The van der Waals surface area contributed by atoms with E-state index < -0.39 is 22.9 Å². The molecular weight excluding hydrogens is 240 g/mol. The molecule has 0 aliphatic heterocycles. The fourth-order valence-corrected chi connectivity index (χ4v) is 1.41. The summed E-state index contributed by atoms with van der Waals surface area (Å²) in [5.41, 5.74) is -1.29. The molecule has 0 heterocycles. The van der Waals surface area contributed by atoms with Gasteiger partial charge in [-0.15, -0.1) is 0 Å². The molecule has 0 bridgehead atoms. The molecule has 0 saturated carbocycles. The van der Waals surface area contributed by atoms with E-state index in [4.69, 9.17) is 0 Å². The van der Waals surface area contributed by atoms with Crippen LogP contribution in [0.15, 0.2) is 18.2 Å². The molecule has 90 valence electrons. The number of aldehydes is 3. The molecule has 0 fully saturated rings. The molecule has 0 aliphatic rings. The fourth-order valence-electron chi connectivity index (χ4n) is 1.41. The predicted molar refractivity (Wildman–Crippen MR) is 57.6 cm³/mol. The summed E-state index contributed by atoms with van der Waals surface area (Å²) in [5, 5.41) is 0. The van der Waals surface area contributed by atoms with Gasteiger partial charge in [0.15, 0.2) is 18.9 Å². The zero-order valence-electron chi connectivity index (χ0n) is 8.91. The molecule has 0 amide bonds. The van der Waals surface area contributed by atoms with Gasteiger partial charge in [0.05, 0.1) is 0 Å². The average molecular weight is 246 g/mol. The molecule has 0 unspecified atom stereocenters. The molecule has 0 atom stereocenters. The van der Waals surface area contributed by atoms with Crippen LogP contribution in [0.1, 0.15) is 31.1 Å². The summed E-state index contributed by atoms with van der Waals surface area (Å²) in [4.78, 5) is 65.3. The Balaban J connectivity index is 3.64. The van der Waals surface area contributed by atoms with Crippen LogP contribution in [0.4, 0.5) is 0 Å². The van der Waals surface area contributed by atoms with Crippen molar-refractivity contribution in [3.05, 3.63) is 34.9 Å². The summed E-state index contributed by atoms with van der Waals surface area (Å²) in [5.74, 6) is -3.26. The van der Waals surface area contributed by atoms with E-state index >= 15 is 0 Å². The third kappa shape index (κ3) is 2.32. The van der Waals surface area contributed by atoms with Gasteiger partial charge < -0.3 is 0 Å². The predicted octanol–water partition coefficient (Wildman–Crippen LogP) is -0.169. The van der Waals surface area contributed by atoms with E-state index in [1.807, 2.05) is 0 Å². The van der Waals surface area contributed by atoms with Crippen LogP contribution in [0.3, 0.4) is 0 Å². The lowest BCUT2D eigenvalue weighted by Gasteiger charge is -2.06. The van der Waals surface area contributed by atoms with Crippen molar-refractivity contribution < 1.29 is 28.8 Å². The lowest BCUT2D eigenvalue weighted by molar-refractivity contribution is -0.105. The highest BCUT2D eigenvalue weighted by atomic mass is 16.2. The van der Waals surface area contributed by atoms with Crippen molar-refractivity contribution in [1.82, 2.24) is 0 Å². The van der Waals surface area contributed by atoms with E-state index in [0.717, 1.165) is 12.1 Å². The topological polar surface area (TPSA) is 102 Å². The van der Waals surface area contributed by atoms with Crippen LogP contribution in [0.25, 0.3) is 0 Å². The molecule has 1 aromatic carbocycles. The Morgan fingerprint density at radius 3 is 1.44 bits per heavy atom. The minimum absolute atomic E-state index is 0.0495. The number of rotatable bonds is 6. The van der Waals surface area contributed by atoms with Gasteiger partial charge in [-0.25, -0.2) is 0 Å². The van der Waals surface area contributed by atoms with Crippen LogP contribution < -0.4 is 0 Å². The van der Waals surface area contributed by atoms with Crippen LogP contribution in [0, 0.1) is 0 Å². The molecule has 0 spiro atoms. The van der Waals surface area contributed by atoms with Gasteiger partial charge >= 0.3 is 0 Å². The minimum atomic E-state index is -1.15.